The summed E-state index contributed by atoms with van der Waals surface area (Å²) in [5.41, 5.74) is 3.69. The van der Waals surface area contributed by atoms with Crippen molar-refractivity contribution in [1.82, 2.24) is 5.32 Å². The standard InChI is InChI=1S/C25H32N2O4.3H2/c1-26-21-10-15-14-6-4-5-8-25(21)16-11-18(29-2)19(30-3)12-17(16)27-22(28)13-20(31-9-7-14)23(15)24(25)27;;;/h7,11-12,15,20-21,23-24,26H,4-6,8-10,13H2,1-3H3;3*1H/t15?,20?,21?,23?,24?,25-;;;/m1.../s1. The average molecular weight is 431 g/mol. The maximum atomic E-state index is 13.6. The SMILES string of the molecule is CNC1CC2C3=CCOC4CC(=O)N5c6cc(OC)c(OC)cc6[C@@]1(CCCC3)C5C42.[HH].[HH].[HH]. The van der Waals surface area contributed by atoms with Crippen LogP contribution in [0.15, 0.2) is 23.8 Å². The minimum atomic E-state index is -0.137. The number of carbonyl (C=O) groups is 1. The van der Waals surface area contributed by atoms with Crippen molar-refractivity contribution in [3.8, 4) is 11.5 Å². The molecular formula is C25H38N2O4. The monoisotopic (exact) mass is 430 g/mol. The second-order valence-electron chi connectivity index (χ2n) is 9.80. The predicted octanol–water partition coefficient (Wildman–Crippen LogP) is 3.92. The molecular weight excluding hydrogens is 392 g/mol. The molecule has 1 N–H and O–H groups in total. The second-order valence-corrected chi connectivity index (χ2v) is 9.80. The third-order valence-electron chi connectivity index (χ3n) is 8.87. The topological polar surface area (TPSA) is 60.0 Å². The Morgan fingerprint density at radius 3 is 2.81 bits per heavy atom. The summed E-state index contributed by atoms with van der Waals surface area (Å²) in [4.78, 5) is 15.7. The lowest BCUT2D eigenvalue weighted by molar-refractivity contribution is -0.131. The molecule has 172 valence electrons. The van der Waals surface area contributed by atoms with Crippen molar-refractivity contribution < 1.29 is 23.3 Å². The Morgan fingerprint density at radius 2 is 2.03 bits per heavy atom. The van der Waals surface area contributed by atoms with Gasteiger partial charge < -0.3 is 24.4 Å². The summed E-state index contributed by atoms with van der Waals surface area (Å²) in [6, 6.07) is 4.60. The van der Waals surface area contributed by atoms with E-state index in [0.717, 1.165) is 37.1 Å². The minimum absolute atomic E-state index is 0. The fourth-order valence-corrected chi connectivity index (χ4v) is 7.75. The minimum Gasteiger partial charge on any atom is -0.493 e. The maximum Gasteiger partial charge on any atom is 0.229 e. The number of nitrogens with one attached hydrogen (secondary N) is 1. The number of fused-ring (bicyclic) bond motifs is 2. The summed E-state index contributed by atoms with van der Waals surface area (Å²) in [6.07, 6.45) is 8.47. The highest BCUT2D eigenvalue weighted by atomic mass is 16.5. The van der Waals surface area contributed by atoms with Crippen LogP contribution in [0.1, 0.15) is 48.4 Å². The summed E-state index contributed by atoms with van der Waals surface area (Å²) >= 11 is 0. The van der Waals surface area contributed by atoms with Gasteiger partial charge in [-0.1, -0.05) is 18.1 Å². The Balaban J connectivity index is 0.00000108. The number of benzene rings is 1. The number of methoxy groups -OCH3 is 2. The molecule has 4 bridgehead atoms. The van der Waals surface area contributed by atoms with E-state index in [0.29, 0.717) is 36.7 Å². The van der Waals surface area contributed by atoms with Crippen molar-refractivity contribution >= 4 is 11.6 Å². The highest BCUT2D eigenvalue weighted by molar-refractivity contribution is 5.99. The van der Waals surface area contributed by atoms with E-state index in [1.165, 1.54) is 12.0 Å². The van der Waals surface area contributed by atoms with Crippen molar-refractivity contribution in [1.29, 1.82) is 0 Å². The van der Waals surface area contributed by atoms with Gasteiger partial charge in [-0.15, -0.1) is 0 Å². The Labute approximate surface area is 188 Å². The van der Waals surface area contributed by atoms with Crippen LogP contribution in [0.5, 0.6) is 11.5 Å². The molecule has 1 amide bonds. The molecule has 0 aromatic heterocycles. The van der Waals surface area contributed by atoms with Gasteiger partial charge in [0, 0.05) is 27.7 Å². The van der Waals surface area contributed by atoms with Crippen LogP contribution in [-0.2, 0) is 14.9 Å². The maximum absolute atomic E-state index is 13.6. The van der Waals surface area contributed by atoms with Crippen LogP contribution in [0.2, 0.25) is 0 Å². The largest absolute Gasteiger partial charge is 0.493 e. The first kappa shape index (κ1) is 19.6. The van der Waals surface area contributed by atoms with Gasteiger partial charge in [0.1, 0.15) is 0 Å². The number of ether oxygens (including phenoxy) is 3. The second kappa shape index (κ2) is 6.97. The molecule has 6 rings (SSSR count). The van der Waals surface area contributed by atoms with Gasteiger partial charge in [-0.05, 0) is 50.3 Å². The molecule has 1 aromatic rings. The fourth-order valence-electron chi connectivity index (χ4n) is 7.75. The fraction of sp³-hybridized carbons (Fsp3) is 0.640. The molecule has 2 aliphatic carbocycles. The number of hydrogen-bond donors (Lipinski definition) is 1. The molecule has 3 fully saturated rings. The Hall–Kier alpha value is -2.05. The molecule has 5 aliphatic rings. The van der Waals surface area contributed by atoms with Gasteiger partial charge in [0.25, 0.3) is 0 Å². The zero-order valence-corrected chi connectivity index (χ0v) is 18.6. The summed E-state index contributed by atoms with van der Waals surface area (Å²) in [7, 11) is 5.45. The van der Waals surface area contributed by atoms with E-state index in [-0.39, 0.29) is 27.7 Å². The van der Waals surface area contributed by atoms with Crippen LogP contribution < -0.4 is 19.7 Å². The molecule has 0 radical (unpaired) electrons. The van der Waals surface area contributed by atoms with E-state index in [1.807, 2.05) is 6.07 Å². The van der Waals surface area contributed by atoms with Crippen molar-refractivity contribution in [2.45, 2.75) is 62.1 Å². The number of nitrogens with zero attached hydrogens (tertiary/aromatic N) is 1. The number of amides is 1. The van der Waals surface area contributed by atoms with Crippen LogP contribution >= 0.6 is 0 Å². The molecule has 1 saturated heterocycles. The van der Waals surface area contributed by atoms with E-state index in [9.17, 15) is 4.79 Å². The lowest BCUT2D eigenvalue weighted by atomic mass is 9.53. The molecule has 6 nitrogen and oxygen atoms in total. The van der Waals surface area contributed by atoms with E-state index >= 15 is 0 Å². The van der Waals surface area contributed by atoms with Gasteiger partial charge in [0.15, 0.2) is 11.5 Å². The first-order valence-corrected chi connectivity index (χ1v) is 11.7. The molecule has 31 heavy (non-hydrogen) atoms. The van der Waals surface area contributed by atoms with E-state index in [4.69, 9.17) is 14.2 Å². The van der Waals surface area contributed by atoms with Crippen LogP contribution in [0, 0.1) is 11.8 Å². The third-order valence-corrected chi connectivity index (χ3v) is 8.87. The van der Waals surface area contributed by atoms with Gasteiger partial charge in [-0.3, -0.25) is 4.79 Å². The molecule has 3 heterocycles. The molecule has 1 aromatic carbocycles. The van der Waals surface area contributed by atoms with Gasteiger partial charge in [-0.2, -0.15) is 0 Å². The Morgan fingerprint density at radius 1 is 1.23 bits per heavy atom. The van der Waals surface area contributed by atoms with Gasteiger partial charge in [0.05, 0.1) is 45.1 Å². The van der Waals surface area contributed by atoms with Crippen LogP contribution in [-0.4, -0.2) is 52.0 Å². The molecule has 0 spiro atoms. The van der Waals surface area contributed by atoms with Crippen molar-refractivity contribution in [3.05, 3.63) is 29.3 Å². The number of anilines is 1. The number of hydrogen-bond acceptors (Lipinski definition) is 5. The van der Waals surface area contributed by atoms with Crippen LogP contribution in [0.4, 0.5) is 5.69 Å². The molecule has 6 heteroatoms. The van der Waals surface area contributed by atoms with E-state index in [2.05, 4.69) is 29.4 Å². The number of carbonyl (C=O) groups excluding carboxylic acids is 1. The van der Waals surface area contributed by atoms with Crippen molar-refractivity contribution in [3.63, 3.8) is 0 Å². The normalized spacial score (nSPS) is 37.9. The average Bonchev–Trinajstić information content (AvgIpc) is 3.03. The number of allylic oxidation sites excluding steroid dienone is 1. The number of rotatable bonds is 3. The summed E-state index contributed by atoms with van der Waals surface area (Å²) in [5.74, 6) is 2.41. The smallest absolute Gasteiger partial charge is 0.229 e. The summed E-state index contributed by atoms with van der Waals surface area (Å²) in [5, 5.41) is 3.71. The van der Waals surface area contributed by atoms with Gasteiger partial charge in [-0.25, -0.2) is 0 Å². The van der Waals surface area contributed by atoms with E-state index in [1.54, 1.807) is 19.8 Å². The first-order valence-electron chi connectivity index (χ1n) is 11.7. The third kappa shape index (κ3) is 2.43. The number of likely N-dealkylation sites (N-methyl/N-ethyl adjacent to an activating group) is 1. The van der Waals surface area contributed by atoms with Gasteiger partial charge in [0.2, 0.25) is 5.91 Å². The van der Waals surface area contributed by atoms with E-state index < -0.39 is 0 Å². The number of piperidine rings is 1. The zero-order valence-electron chi connectivity index (χ0n) is 18.6. The highest BCUT2D eigenvalue weighted by Crippen LogP contribution is 2.63. The molecule has 6 atom stereocenters. The van der Waals surface area contributed by atoms with Crippen LogP contribution in [0.25, 0.3) is 0 Å². The lowest BCUT2D eigenvalue weighted by Crippen LogP contribution is -2.69. The Bertz CT molecular complexity index is 974. The summed E-state index contributed by atoms with van der Waals surface area (Å²) in [6.45, 7) is 0.638. The molecule has 5 unspecified atom stereocenters. The molecule has 2 saturated carbocycles. The lowest BCUT2D eigenvalue weighted by Gasteiger charge is -2.57. The highest BCUT2D eigenvalue weighted by Gasteiger charge is 2.67. The predicted molar refractivity (Wildman–Crippen MR) is 124 cm³/mol. The molecule has 3 aliphatic heterocycles. The van der Waals surface area contributed by atoms with Gasteiger partial charge >= 0.3 is 0 Å². The zero-order chi connectivity index (χ0) is 21.3. The summed E-state index contributed by atoms with van der Waals surface area (Å²) < 4.78 is 17.7. The van der Waals surface area contributed by atoms with Crippen LogP contribution in [0.3, 0.4) is 0 Å². The Kier molecular flexibility index (Phi) is 4.41. The first-order chi connectivity index (χ1) is 15.1. The van der Waals surface area contributed by atoms with Crippen molar-refractivity contribution in [2.24, 2.45) is 11.8 Å². The quantitative estimate of drug-likeness (QED) is 0.737. The van der Waals surface area contributed by atoms with Crippen molar-refractivity contribution in [2.75, 3.05) is 32.8 Å².